The maximum Gasteiger partial charge on any atom is 0.472 e. The highest BCUT2D eigenvalue weighted by Crippen LogP contribution is 2.47. The molecule has 6 N–H and O–H groups in total. The molecule has 1 saturated carbocycles. The molecule has 0 aromatic heterocycles. The van der Waals surface area contributed by atoms with E-state index in [4.69, 9.17) is 18.5 Å². The normalized spacial score (nSPS) is 20.3. The zero-order valence-electron chi connectivity index (χ0n) is 47.0. The van der Waals surface area contributed by atoms with Gasteiger partial charge in [-0.15, -0.1) is 0 Å². The molecular formula is C59H115O13P. The Morgan fingerprint density at radius 3 is 0.904 bits per heavy atom. The lowest BCUT2D eigenvalue weighted by Gasteiger charge is -2.41. The van der Waals surface area contributed by atoms with Crippen molar-refractivity contribution in [2.75, 3.05) is 13.2 Å². The van der Waals surface area contributed by atoms with E-state index in [2.05, 4.69) is 13.8 Å². The Morgan fingerprint density at radius 1 is 0.370 bits per heavy atom. The molecule has 6 unspecified atom stereocenters. The van der Waals surface area contributed by atoms with Crippen molar-refractivity contribution in [3.63, 3.8) is 0 Å². The van der Waals surface area contributed by atoms with Gasteiger partial charge in [0.2, 0.25) is 0 Å². The Balaban J connectivity index is 2.28. The summed E-state index contributed by atoms with van der Waals surface area (Å²) >= 11 is 0. The molecule has 0 aromatic carbocycles. The SMILES string of the molecule is CCCCCCCCCCCCCCCCCCCCCCCCC(=O)OCC(COP(=O)(O)OC1C(O)C(O)C(O)C(O)C1O)OC(=O)CCCCCCCCCCCCCCCCCCCCCCCC. The molecule has 13 nitrogen and oxygen atoms in total. The van der Waals surface area contributed by atoms with Gasteiger partial charge in [0.15, 0.2) is 6.10 Å². The number of phosphoric ester groups is 1. The average molecular weight is 1060 g/mol. The Hall–Kier alpha value is -1.15. The fourth-order valence-corrected chi connectivity index (χ4v) is 11.0. The molecule has 0 aliphatic heterocycles. The van der Waals surface area contributed by atoms with Gasteiger partial charge in [-0.2, -0.15) is 0 Å². The van der Waals surface area contributed by atoms with Gasteiger partial charge < -0.3 is 39.9 Å². The predicted octanol–water partition coefficient (Wildman–Crippen LogP) is 14.7. The van der Waals surface area contributed by atoms with E-state index in [1.807, 2.05) is 0 Å². The van der Waals surface area contributed by atoms with Gasteiger partial charge in [-0.3, -0.25) is 18.6 Å². The Kier molecular flexibility index (Phi) is 47.1. The number of carbonyl (C=O) groups is 2. The number of aliphatic hydroxyl groups is 5. The molecule has 14 heteroatoms. The lowest BCUT2D eigenvalue weighted by Crippen LogP contribution is -2.64. The number of aliphatic hydroxyl groups excluding tert-OH is 5. The van der Waals surface area contributed by atoms with E-state index < -0.39 is 75.7 Å². The van der Waals surface area contributed by atoms with Crippen molar-refractivity contribution in [3.05, 3.63) is 0 Å². The summed E-state index contributed by atoms with van der Waals surface area (Å²) in [4.78, 5) is 36.0. The molecule has 1 aliphatic carbocycles. The number of rotatable bonds is 54. The fourth-order valence-electron chi connectivity index (χ4n) is 10.1. The van der Waals surface area contributed by atoms with Gasteiger partial charge in [-0.1, -0.05) is 284 Å². The molecule has 0 amide bonds. The van der Waals surface area contributed by atoms with Crippen LogP contribution in [0.5, 0.6) is 0 Å². The third-order valence-corrected chi connectivity index (χ3v) is 15.9. The van der Waals surface area contributed by atoms with Crippen molar-refractivity contribution in [3.8, 4) is 0 Å². The summed E-state index contributed by atoms with van der Waals surface area (Å²) in [7, 11) is -5.12. The van der Waals surface area contributed by atoms with Crippen molar-refractivity contribution in [2.24, 2.45) is 0 Å². The van der Waals surface area contributed by atoms with Crippen LogP contribution in [0, 0.1) is 0 Å². The lowest BCUT2D eigenvalue weighted by molar-refractivity contribution is -0.220. The highest BCUT2D eigenvalue weighted by molar-refractivity contribution is 7.47. The van der Waals surface area contributed by atoms with Gasteiger partial charge in [0.25, 0.3) is 0 Å². The van der Waals surface area contributed by atoms with Crippen molar-refractivity contribution >= 4 is 19.8 Å². The van der Waals surface area contributed by atoms with Crippen LogP contribution in [-0.4, -0.2) is 98.3 Å². The minimum Gasteiger partial charge on any atom is -0.462 e. The van der Waals surface area contributed by atoms with Crippen LogP contribution in [0.1, 0.15) is 309 Å². The second-order valence-electron chi connectivity index (χ2n) is 21.9. The zero-order valence-corrected chi connectivity index (χ0v) is 47.9. The summed E-state index contributed by atoms with van der Waals surface area (Å²) in [5, 5.41) is 50.4. The molecule has 0 saturated heterocycles. The number of unbranched alkanes of at least 4 members (excludes halogenated alkanes) is 42. The number of hydrogen-bond donors (Lipinski definition) is 6. The third-order valence-electron chi connectivity index (χ3n) is 14.9. The van der Waals surface area contributed by atoms with E-state index in [9.17, 15) is 44.6 Å². The van der Waals surface area contributed by atoms with Crippen LogP contribution >= 0.6 is 7.82 Å². The van der Waals surface area contributed by atoms with Crippen LogP contribution in [0.2, 0.25) is 0 Å². The first-order valence-corrected chi connectivity index (χ1v) is 32.3. The van der Waals surface area contributed by atoms with Gasteiger partial charge in [-0.05, 0) is 12.8 Å². The standard InChI is InChI=1S/C59H115O13P/c1-3-5-7-9-11-13-15-17-19-21-23-25-27-29-31-33-35-37-39-41-43-45-47-52(60)69-49-51(50-70-73(67,68)72-59-57(65)55(63)54(62)56(64)58(59)66)71-53(61)48-46-44-42-40-38-36-34-32-30-28-26-24-22-20-18-16-14-12-10-8-6-4-2/h51,54-59,62-66H,3-50H2,1-2H3,(H,67,68). The smallest absolute Gasteiger partial charge is 0.462 e. The monoisotopic (exact) mass is 1060 g/mol. The minimum absolute atomic E-state index is 0.106. The summed E-state index contributed by atoms with van der Waals surface area (Å²) in [5.74, 6) is -1.07. The van der Waals surface area contributed by atoms with Crippen molar-refractivity contribution in [2.45, 2.75) is 352 Å². The van der Waals surface area contributed by atoms with Crippen LogP contribution in [0.25, 0.3) is 0 Å². The van der Waals surface area contributed by atoms with Crippen molar-refractivity contribution in [1.29, 1.82) is 0 Å². The molecule has 1 fully saturated rings. The Labute approximate surface area is 446 Å². The van der Waals surface area contributed by atoms with Crippen molar-refractivity contribution < 1.29 is 63.1 Å². The predicted molar refractivity (Wildman–Crippen MR) is 295 cm³/mol. The van der Waals surface area contributed by atoms with E-state index in [0.29, 0.717) is 12.8 Å². The first kappa shape index (κ1) is 69.9. The molecule has 6 atom stereocenters. The van der Waals surface area contributed by atoms with E-state index >= 15 is 0 Å². The highest BCUT2D eigenvalue weighted by atomic mass is 31.2. The topological polar surface area (TPSA) is 210 Å². The van der Waals surface area contributed by atoms with E-state index in [1.165, 1.54) is 231 Å². The molecule has 73 heavy (non-hydrogen) atoms. The number of esters is 2. The summed E-state index contributed by atoms with van der Waals surface area (Å²) in [6.45, 7) is 3.39. The van der Waals surface area contributed by atoms with Gasteiger partial charge in [0.05, 0.1) is 6.61 Å². The van der Waals surface area contributed by atoms with Crippen LogP contribution in [0.4, 0.5) is 0 Å². The van der Waals surface area contributed by atoms with Crippen LogP contribution < -0.4 is 0 Å². The van der Waals surface area contributed by atoms with Gasteiger partial charge in [0, 0.05) is 12.8 Å². The van der Waals surface area contributed by atoms with Gasteiger partial charge in [-0.25, -0.2) is 4.57 Å². The van der Waals surface area contributed by atoms with Crippen LogP contribution in [-0.2, 0) is 32.7 Å². The summed E-state index contributed by atoms with van der Waals surface area (Å²) < 4.78 is 33.8. The second-order valence-corrected chi connectivity index (χ2v) is 23.3. The summed E-state index contributed by atoms with van der Waals surface area (Å²) in [6.07, 6.45) is 43.0. The van der Waals surface area contributed by atoms with Crippen LogP contribution in [0.3, 0.4) is 0 Å². The second kappa shape index (κ2) is 49.2. The van der Waals surface area contributed by atoms with Crippen molar-refractivity contribution in [1.82, 2.24) is 0 Å². The first-order chi connectivity index (χ1) is 35.4. The molecule has 1 rings (SSSR count). The fraction of sp³-hybridized carbons (Fsp3) is 0.966. The largest absolute Gasteiger partial charge is 0.472 e. The minimum atomic E-state index is -5.12. The number of ether oxygens (including phenoxy) is 2. The Bertz CT molecular complexity index is 1270. The van der Waals surface area contributed by atoms with Gasteiger partial charge >= 0.3 is 19.8 Å². The van der Waals surface area contributed by atoms with Crippen LogP contribution in [0.15, 0.2) is 0 Å². The maximum atomic E-state index is 12.9. The quantitative estimate of drug-likeness (QED) is 0.0191. The molecule has 434 valence electrons. The number of hydrogen-bond acceptors (Lipinski definition) is 12. The number of carbonyl (C=O) groups excluding carboxylic acids is 2. The average Bonchev–Trinajstić information content (AvgIpc) is 3.37. The highest BCUT2D eigenvalue weighted by Gasteiger charge is 2.51. The maximum absolute atomic E-state index is 12.9. The molecule has 0 aromatic rings. The van der Waals surface area contributed by atoms with E-state index in [0.717, 1.165) is 38.5 Å². The number of phosphoric acid groups is 1. The Morgan fingerprint density at radius 2 is 0.616 bits per heavy atom. The van der Waals surface area contributed by atoms with Gasteiger partial charge in [0.1, 0.15) is 43.2 Å². The molecule has 0 spiro atoms. The van der Waals surface area contributed by atoms with E-state index in [-0.39, 0.29) is 12.8 Å². The first-order valence-electron chi connectivity index (χ1n) is 30.8. The molecule has 1 aliphatic rings. The molecule has 0 bridgehead atoms. The zero-order chi connectivity index (χ0) is 53.5. The summed E-state index contributed by atoms with van der Waals surface area (Å²) in [5.41, 5.74) is 0. The lowest BCUT2D eigenvalue weighted by atomic mass is 9.85. The molecule has 0 radical (unpaired) electrons. The van der Waals surface area contributed by atoms with E-state index in [1.54, 1.807) is 0 Å². The third kappa shape index (κ3) is 40.7. The molecular weight excluding hydrogens is 948 g/mol. The summed E-state index contributed by atoms with van der Waals surface area (Å²) in [6, 6.07) is 0. The molecule has 0 heterocycles.